The molecule has 8 atom stereocenters. The summed E-state index contributed by atoms with van der Waals surface area (Å²) in [5.41, 5.74) is 2.31. The normalized spacial score (nSPS) is 36.0. The lowest BCUT2D eigenvalue weighted by Crippen LogP contribution is -2.51. The summed E-state index contributed by atoms with van der Waals surface area (Å²) in [6, 6.07) is 0. The molecule has 2 N–H and O–H groups in total. The van der Waals surface area contributed by atoms with Crippen LogP contribution in [0.5, 0.6) is 0 Å². The first-order valence-electron chi connectivity index (χ1n) is 18.3. The lowest BCUT2D eigenvalue weighted by atomic mass is 9.47. The molecule has 1 heterocycles. The van der Waals surface area contributed by atoms with Gasteiger partial charge in [0.15, 0.2) is 0 Å². The molecule has 0 aromatic carbocycles. The van der Waals surface area contributed by atoms with E-state index in [2.05, 4.69) is 56.2 Å². The predicted molar refractivity (Wildman–Crippen MR) is 176 cm³/mol. The van der Waals surface area contributed by atoms with Crippen molar-refractivity contribution < 1.29 is 19.1 Å². The molecule has 1 saturated heterocycles. The molecule has 0 aromatic heterocycles. The lowest BCUT2D eigenvalue weighted by molar-refractivity contribution is -0.121. The van der Waals surface area contributed by atoms with E-state index in [1.165, 1.54) is 51.4 Å². The second-order valence-corrected chi connectivity index (χ2v) is 16.0. The van der Waals surface area contributed by atoms with Crippen LogP contribution in [0.4, 0.5) is 4.79 Å². The van der Waals surface area contributed by atoms with Crippen LogP contribution in [-0.2, 0) is 14.3 Å². The van der Waals surface area contributed by atoms with E-state index < -0.39 is 0 Å². The highest BCUT2D eigenvalue weighted by atomic mass is 16.6. The van der Waals surface area contributed by atoms with E-state index in [4.69, 9.17) is 9.47 Å². The average Bonchev–Trinajstić information content (AvgIpc) is 3.35. The molecule has 4 aliphatic carbocycles. The second kappa shape index (κ2) is 14.9. The molecular weight excluding hydrogens is 550 g/mol. The second-order valence-electron chi connectivity index (χ2n) is 16.0. The minimum Gasteiger partial charge on any atom is -0.446 e. The van der Waals surface area contributed by atoms with Crippen molar-refractivity contribution in [1.29, 1.82) is 0 Å². The maximum Gasteiger partial charge on any atom is 0.407 e. The van der Waals surface area contributed by atoms with Crippen molar-refractivity contribution in [2.75, 3.05) is 45.9 Å². The highest BCUT2D eigenvalue weighted by Gasteiger charge is 2.59. The van der Waals surface area contributed by atoms with Crippen molar-refractivity contribution in [2.24, 2.45) is 46.3 Å². The predicted octanol–water partition coefficient (Wildman–Crippen LogP) is 6.96. The third-order valence-corrected chi connectivity index (χ3v) is 13.0. The fourth-order valence-corrected chi connectivity index (χ4v) is 10.5. The molecule has 0 spiro atoms. The summed E-state index contributed by atoms with van der Waals surface area (Å²) >= 11 is 0. The van der Waals surface area contributed by atoms with Crippen molar-refractivity contribution in [3.05, 3.63) is 11.6 Å². The van der Waals surface area contributed by atoms with E-state index >= 15 is 0 Å². The van der Waals surface area contributed by atoms with E-state index in [-0.39, 0.29) is 29.9 Å². The van der Waals surface area contributed by atoms with Gasteiger partial charge in [-0.3, -0.25) is 9.69 Å². The zero-order valence-electron chi connectivity index (χ0n) is 28.6. The van der Waals surface area contributed by atoms with E-state index in [0.29, 0.717) is 18.5 Å². The molecule has 0 aromatic rings. The molecule has 7 heteroatoms. The molecule has 0 unspecified atom stereocenters. The van der Waals surface area contributed by atoms with E-state index in [0.717, 1.165) is 87.6 Å². The first-order valence-corrected chi connectivity index (χ1v) is 18.3. The topological polar surface area (TPSA) is 79.9 Å². The number of fused-ring (bicyclic) bond motifs is 5. The summed E-state index contributed by atoms with van der Waals surface area (Å²) in [6.45, 7) is 17.6. The van der Waals surface area contributed by atoms with Crippen LogP contribution in [0.1, 0.15) is 112 Å². The Balaban J connectivity index is 1.06. The Labute approximate surface area is 268 Å². The number of allylic oxidation sites excluding steroid dienone is 1. The molecule has 2 amide bonds. The molecule has 5 aliphatic rings. The summed E-state index contributed by atoms with van der Waals surface area (Å²) in [7, 11) is 0. The molecule has 1 aliphatic heterocycles. The quantitative estimate of drug-likeness (QED) is 0.233. The maximum atomic E-state index is 12.6. The SMILES string of the molecule is CC(C)CCC[C@@H](C)[C@H]1CC[C@H]2[C@@H]3CC=C4C[C@@H](OC(=O)NCCC(=O)NCCN5CCOCC5)CC[C@]4(C)[C@H]3CC[C@]12C. The van der Waals surface area contributed by atoms with Gasteiger partial charge in [-0.05, 0) is 91.3 Å². The largest absolute Gasteiger partial charge is 0.446 e. The maximum absolute atomic E-state index is 12.6. The Hall–Kier alpha value is -1.60. The number of ether oxygens (including phenoxy) is 2. The Morgan fingerprint density at radius 1 is 1.00 bits per heavy atom. The summed E-state index contributed by atoms with van der Waals surface area (Å²) in [4.78, 5) is 27.1. The standard InChI is InChI=1S/C37H63N3O4/c1-26(2)7-6-8-27(3)31-11-12-32-30-10-9-28-25-29(13-16-36(28,4)33(30)14-17-37(31,32)5)44-35(42)39-18-15-34(41)38-19-20-40-21-23-43-24-22-40/h9,26-27,29-33H,6-8,10-25H2,1-5H3,(H,38,41)(H,39,42)/t27-,29+,30+,31-,32+,33+,36+,37-/m1/s1. The molecule has 0 radical (unpaired) electrons. The van der Waals surface area contributed by atoms with Gasteiger partial charge in [0.2, 0.25) is 5.91 Å². The third kappa shape index (κ3) is 7.67. The molecule has 3 saturated carbocycles. The number of alkyl carbamates (subject to hydrolysis) is 1. The van der Waals surface area contributed by atoms with Gasteiger partial charge < -0.3 is 20.1 Å². The van der Waals surface area contributed by atoms with Crippen LogP contribution in [0, 0.1) is 46.3 Å². The lowest BCUT2D eigenvalue weighted by Gasteiger charge is -2.58. The van der Waals surface area contributed by atoms with Crippen LogP contribution in [0.3, 0.4) is 0 Å². The van der Waals surface area contributed by atoms with Crippen LogP contribution in [-0.4, -0.2) is 68.9 Å². The van der Waals surface area contributed by atoms with E-state index in [9.17, 15) is 9.59 Å². The number of nitrogens with zero attached hydrogens (tertiary/aromatic N) is 1. The number of amides is 2. The van der Waals surface area contributed by atoms with Gasteiger partial charge in [-0.25, -0.2) is 4.79 Å². The number of hydrogen-bond acceptors (Lipinski definition) is 5. The number of nitrogens with one attached hydrogen (secondary N) is 2. The highest BCUT2D eigenvalue weighted by molar-refractivity contribution is 5.77. The van der Waals surface area contributed by atoms with Crippen LogP contribution >= 0.6 is 0 Å². The van der Waals surface area contributed by atoms with Crippen LogP contribution < -0.4 is 10.6 Å². The van der Waals surface area contributed by atoms with Crippen molar-refractivity contribution in [2.45, 2.75) is 118 Å². The van der Waals surface area contributed by atoms with Crippen molar-refractivity contribution >= 4 is 12.0 Å². The smallest absolute Gasteiger partial charge is 0.407 e. The van der Waals surface area contributed by atoms with Crippen LogP contribution in [0.2, 0.25) is 0 Å². The van der Waals surface area contributed by atoms with Gasteiger partial charge in [0.1, 0.15) is 6.10 Å². The van der Waals surface area contributed by atoms with Gasteiger partial charge in [-0.15, -0.1) is 0 Å². The molecule has 7 nitrogen and oxygen atoms in total. The van der Waals surface area contributed by atoms with Crippen molar-refractivity contribution in [3.8, 4) is 0 Å². The van der Waals surface area contributed by atoms with E-state index in [1.54, 1.807) is 5.57 Å². The number of carbonyl (C=O) groups excluding carboxylic acids is 2. The Kier molecular flexibility index (Phi) is 11.4. The first-order chi connectivity index (χ1) is 21.1. The Morgan fingerprint density at radius 3 is 2.57 bits per heavy atom. The van der Waals surface area contributed by atoms with Gasteiger partial charge in [0.05, 0.1) is 13.2 Å². The number of carbonyl (C=O) groups is 2. The molecule has 4 fully saturated rings. The van der Waals surface area contributed by atoms with Crippen molar-refractivity contribution in [3.63, 3.8) is 0 Å². The van der Waals surface area contributed by atoms with Crippen LogP contribution in [0.15, 0.2) is 11.6 Å². The van der Waals surface area contributed by atoms with Crippen molar-refractivity contribution in [1.82, 2.24) is 15.5 Å². The number of rotatable bonds is 12. The molecular formula is C37H63N3O4. The number of morpholine rings is 1. The Bertz CT molecular complexity index is 1010. The summed E-state index contributed by atoms with van der Waals surface area (Å²) in [5.74, 6) is 4.97. The molecule has 250 valence electrons. The van der Waals surface area contributed by atoms with Crippen LogP contribution in [0.25, 0.3) is 0 Å². The summed E-state index contributed by atoms with van der Waals surface area (Å²) in [5, 5.41) is 5.78. The molecule has 44 heavy (non-hydrogen) atoms. The molecule has 0 bridgehead atoms. The third-order valence-electron chi connectivity index (χ3n) is 13.0. The van der Waals surface area contributed by atoms with E-state index in [1.807, 2.05) is 0 Å². The van der Waals surface area contributed by atoms with Gasteiger partial charge >= 0.3 is 6.09 Å². The van der Waals surface area contributed by atoms with Gasteiger partial charge in [-0.1, -0.05) is 65.5 Å². The average molecular weight is 614 g/mol. The summed E-state index contributed by atoms with van der Waals surface area (Å²) in [6.07, 6.45) is 16.3. The zero-order chi connectivity index (χ0) is 31.3. The highest BCUT2D eigenvalue weighted by Crippen LogP contribution is 2.67. The zero-order valence-corrected chi connectivity index (χ0v) is 28.6. The first kappa shape index (κ1) is 33.8. The van der Waals surface area contributed by atoms with Gasteiger partial charge in [-0.2, -0.15) is 0 Å². The fraction of sp³-hybridized carbons (Fsp3) is 0.892. The van der Waals surface area contributed by atoms with Gasteiger partial charge in [0.25, 0.3) is 0 Å². The molecule has 5 rings (SSSR count). The summed E-state index contributed by atoms with van der Waals surface area (Å²) < 4.78 is 11.3. The van der Waals surface area contributed by atoms with Gasteiger partial charge in [0, 0.05) is 45.6 Å². The Morgan fingerprint density at radius 2 is 1.80 bits per heavy atom. The minimum absolute atomic E-state index is 0.0355. The fourth-order valence-electron chi connectivity index (χ4n) is 10.5. The monoisotopic (exact) mass is 613 g/mol. The minimum atomic E-state index is -0.387. The number of hydrogen-bond donors (Lipinski definition) is 2.